The molecule has 226 valence electrons. The molecule has 0 unspecified atom stereocenters. The maximum atomic E-state index is 14.1. The molecule has 10 nitrogen and oxygen atoms in total. The van der Waals surface area contributed by atoms with E-state index >= 15 is 0 Å². The fraction of sp³-hybridized carbons (Fsp3) is 0.333. The number of halogens is 1. The zero-order valence-electron chi connectivity index (χ0n) is 24.3. The van der Waals surface area contributed by atoms with Crippen LogP contribution in [0.25, 0.3) is 0 Å². The largest absolute Gasteiger partial charge is 0.497 e. The smallest absolute Gasteiger partial charge is 0.264 e. The third-order valence-electron chi connectivity index (χ3n) is 6.56. The molecule has 1 atom stereocenters. The first-order valence-corrected chi connectivity index (χ1v) is 15.1. The van der Waals surface area contributed by atoms with Gasteiger partial charge in [-0.3, -0.25) is 13.9 Å². The highest BCUT2D eigenvalue weighted by Gasteiger charge is 2.33. The van der Waals surface area contributed by atoms with Crippen LogP contribution in [-0.4, -0.2) is 65.6 Å². The van der Waals surface area contributed by atoms with E-state index in [2.05, 4.69) is 5.32 Å². The lowest BCUT2D eigenvalue weighted by Gasteiger charge is -2.32. The molecule has 0 aliphatic rings. The molecule has 0 aliphatic heterocycles. The lowest BCUT2D eigenvalue weighted by Crippen LogP contribution is -2.51. The molecule has 42 heavy (non-hydrogen) atoms. The van der Waals surface area contributed by atoms with Gasteiger partial charge in [-0.2, -0.15) is 0 Å². The van der Waals surface area contributed by atoms with Gasteiger partial charge in [-0.05, 0) is 67.4 Å². The summed E-state index contributed by atoms with van der Waals surface area (Å²) >= 11 is 6.08. The standard InChI is InChI=1S/C30H36ClN3O7S/c1-6-17-32-30(36)21(2)33(19-22-7-13-25(39-3)14-8-22)29(35)20-34(24-11-9-23(31)10-12-24)42(37,38)26-15-16-27(40-4)28(18-26)41-5/h7-16,18,21H,6,17,19-20H2,1-5H3,(H,32,36)/t21-/m0/s1. The maximum absolute atomic E-state index is 14.1. The Morgan fingerprint density at radius 1 is 0.905 bits per heavy atom. The molecule has 3 aromatic rings. The lowest BCUT2D eigenvalue weighted by molar-refractivity contribution is -0.139. The van der Waals surface area contributed by atoms with Crippen molar-refractivity contribution < 1.29 is 32.2 Å². The van der Waals surface area contributed by atoms with Crippen molar-refractivity contribution in [3.05, 3.63) is 77.3 Å². The van der Waals surface area contributed by atoms with Gasteiger partial charge in [0.1, 0.15) is 18.3 Å². The van der Waals surface area contributed by atoms with Crippen LogP contribution in [0.15, 0.2) is 71.6 Å². The van der Waals surface area contributed by atoms with Gasteiger partial charge in [-0.15, -0.1) is 0 Å². The Labute approximate surface area is 252 Å². The zero-order chi connectivity index (χ0) is 30.9. The fourth-order valence-electron chi connectivity index (χ4n) is 4.15. The molecular formula is C30H36ClN3O7S. The Bertz CT molecular complexity index is 1470. The monoisotopic (exact) mass is 617 g/mol. The number of carbonyl (C=O) groups is 2. The van der Waals surface area contributed by atoms with Crippen LogP contribution in [0.2, 0.25) is 5.02 Å². The molecule has 0 saturated carbocycles. The molecule has 3 rings (SSSR count). The summed E-state index contributed by atoms with van der Waals surface area (Å²) in [6, 6.07) is 16.5. The molecule has 0 radical (unpaired) electrons. The summed E-state index contributed by atoms with van der Waals surface area (Å²) in [7, 11) is 0.0897. The Morgan fingerprint density at radius 3 is 2.12 bits per heavy atom. The van der Waals surface area contributed by atoms with Crippen molar-refractivity contribution in [3.63, 3.8) is 0 Å². The number of hydrogen-bond acceptors (Lipinski definition) is 7. The van der Waals surface area contributed by atoms with E-state index in [1.165, 1.54) is 61.6 Å². The molecule has 0 aliphatic carbocycles. The van der Waals surface area contributed by atoms with Crippen molar-refractivity contribution >= 4 is 39.1 Å². The fourth-order valence-corrected chi connectivity index (χ4v) is 5.70. The van der Waals surface area contributed by atoms with Gasteiger partial charge in [0.2, 0.25) is 11.8 Å². The number of rotatable bonds is 14. The lowest BCUT2D eigenvalue weighted by atomic mass is 10.1. The average molecular weight is 618 g/mol. The topological polar surface area (TPSA) is 114 Å². The number of methoxy groups -OCH3 is 3. The van der Waals surface area contributed by atoms with Crippen LogP contribution in [0.5, 0.6) is 17.2 Å². The third kappa shape index (κ3) is 7.86. The molecule has 2 amide bonds. The van der Waals surface area contributed by atoms with Crippen molar-refractivity contribution in [2.75, 3.05) is 38.7 Å². The van der Waals surface area contributed by atoms with Gasteiger partial charge in [0.25, 0.3) is 10.0 Å². The first kappa shape index (κ1) is 32.6. The van der Waals surface area contributed by atoms with E-state index in [4.69, 9.17) is 25.8 Å². The van der Waals surface area contributed by atoms with Gasteiger partial charge in [-0.1, -0.05) is 30.7 Å². The first-order valence-electron chi connectivity index (χ1n) is 13.3. The van der Waals surface area contributed by atoms with Gasteiger partial charge in [0.05, 0.1) is 31.9 Å². The number of benzene rings is 3. The van der Waals surface area contributed by atoms with E-state index in [1.807, 2.05) is 6.92 Å². The second kappa shape index (κ2) is 14.8. The van der Waals surface area contributed by atoms with Gasteiger partial charge >= 0.3 is 0 Å². The molecule has 12 heteroatoms. The summed E-state index contributed by atoms with van der Waals surface area (Å²) in [6.45, 7) is 3.46. The van der Waals surface area contributed by atoms with Crippen LogP contribution in [0.3, 0.4) is 0 Å². The molecule has 0 spiro atoms. The van der Waals surface area contributed by atoms with E-state index in [-0.39, 0.29) is 28.8 Å². The van der Waals surface area contributed by atoms with E-state index in [0.717, 1.165) is 16.3 Å². The van der Waals surface area contributed by atoms with Crippen LogP contribution >= 0.6 is 11.6 Å². The number of sulfonamides is 1. The van der Waals surface area contributed by atoms with Crippen LogP contribution in [0.1, 0.15) is 25.8 Å². The summed E-state index contributed by atoms with van der Waals surface area (Å²) in [4.78, 5) is 28.2. The maximum Gasteiger partial charge on any atom is 0.264 e. The number of nitrogens with zero attached hydrogens (tertiary/aromatic N) is 2. The SMILES string of the molecule is CCCNC(=O)[C@H](C)N(Cc1ccc(OC)cc1)C(=O)CN(c1ccc(Cl)cc1)S(=O)(=O)c1ccc(OC)c(OC)c1. The van der Waals surface area contributed by atoms with E-state index in [9.17, 15) is 18.0 Å². The van der Waals surface area contributed by atoms with Crippen LogP contribution in [0, 0.1) is 0 Å². The number of anilines is 1. The second-order valence-corrected chi connectivity index (χ2v) is 11.6. The van der Waals surface area contributed by atoms with E-state index < -0.39 is 28.5 Å². The molecule has 1 N–H and O–H groups in total. The van der Waals surface area contributed by atoms with Gasteiger partial charge in [-0.25, -0.2) is 8.42 Å². The minimum absolute atomic E-state index is 0.0639. The minimum atomic E-state index is -4.31. The Balaban J connectivity index is 2.05. The van der Waals surface area contributed by atoms with E-state index in [1.54, 1.807) is 38.3 Å². The van der Waals surface area contributed by atoms with Gasteiger partial charge < -0.3 is 24.4 Å². The second-order valence-electron chi connectivity index (χ2n) is 9.34. The van der Waals surface area contributed by atoms with E-state index in [0.29, 0.717) is 23.1 Å². The highest BCUT2D eigenvalue weighted by molar-refractivity contribution is 7.92. The molecule has 0 saturated heterocycles. The number of carbonyl (C=O) groups excluding carboxylic acids is 2. The van der Waals surface area contributed by atoms with Crippen molar-refractivity contribution in [3.8, 4) is 17.2 Å². The molecule has 0 bridgehead atoms. The molecule has 0 fully saturated rings. The zero-order valence-corrected chi connectivity index (χ0v) is 25.9. The van der Waals surface area contributed by atoms with Crippen molar-refractivity contribution in [1.29, 1.82) is 0 Å². The summed E-state index contributed by atoms with van der Waals surface area (Å²) in [5, 5.41) is 3.22. The van der Waals surface area contributed by atoms with Crippen LogP contribution < -0.4 is 23.8 Å². The highest BCUT2D eigenvalue weighted by atomic mass is 35.5. The molecule has 0 aromatic heterocycles. The first-order chi connectivity index (χ1) is 20.0. The van der Waals surface area contributed by atoms with Crippen molar-refractivity contribution in [2.45, 2.75) is 37.8 Å². The normalized spacial score (nSPS) is 11.8. The summed E-state index contributed by atoms with van der Waals surface area (Å²) in [6.07, 6.45) is 0.721. The number of hydrogen-bond donors (Lipinski definition) is 1. The number of nitrogens with one attached hydrogen (secondary N) is 1. The van der Waals surface area contributed by atoms with Crippen LogP contribution in [0.4, 0.5) is 5.69 Å². The molecular weight excluding hydrogens is 582 g/mol. The van der Waals surface area contributed by atoms with Crippen molar-refractivity contribution in [1.82, 2.24) is 10.2 Å². The Hall–Kier alpha value is -3.96. The molecule has 3 aromatic carbocycles. The molecule has 0 heterocycles. The summed E-state index contributed by atoms with van der Waals surface area (Å²) in [5.74, 6) is 0.273. The predicted molar refractivity (Wildman–Crippen MR) is 162 cm³/mol. The number of amides is 2. The third-order valence-corrected chi connectivity index (χ3v) is 8.59. The Morgan fingerprint density at radius 2 is 1.55 bits per heavy atom. The summed E-state index contributed by atoms with van der Waals surface area (Å²) < 4.78 is 44.9. The highest BCUT2D eigenvalue weighted by Crippen LogP contribution is 2.32. The van der Waals surface area contributed by atoms with Crippen LogP contribution in [-0.2, 0) is 26.2 Å². The van der Waals surface area contributed by atoms with Gasteiger partial charge in [0.15, 0.2) is 11.5 Å². The quantitative estimate of drug-likeness (QED) is 0.283. The minimum Gasteiger partial charge on any atom is -0.497 e. The predicted octanol–water partition coefficient (Wildman–Crippen LogP) is 4.50. The summed E-state index contributed by atoms with van der Waals surface area (Å²) in [5.41, 5.74) is 0.954. The van der Waals surface area contributed by atoms with Crippen molar-refractivity contribution in [2.24, 2.45) is 0 Å². The Kier molecular flexibility index (Phi) is 11.5. The van der Waals surface area contributed by atoms with Gasteiger partial charge in [0, 0.05) is 24.2 Å². The number of ether oxygens (including phenoxy) is 3. The average Bonchev–Trinajstić information content (AvgIpc) is 3.01.